The lowest BCUT2D eigenvalue weighted by Crippen LogP contribution is -2.59. The van der Waals surface area contributed by atoms with E-state index in [4.69, 9.17) is 14.5 Å². The van der Waals surface area contributed by atoms with Crippen LogP contribution in [0, 0.1) is 29.6 Å². The molecule has 5 aliphatic carbocycles. The van der Waals surface area contributed by atoms with Crippen LogP contribution < -0.4 is 0 Å². The van der Waals surface area contributed by atoms with Gasteiger partial charge in [0.15, 0.2) is 0 Å². The number of benzene rings is 1. The minimum atomic E-state index is -0.499. The van der Waals surface area contributed by atoms with Crippen molar-refractivity contribution in [1.82, 2.24) is 0 Å². The summed E-state index contributed by atoms with van der Waals surface area (Å²) in [6, 6.07) is 7.64. The van der Waals surface area contributed by atoms with Crippen molar-refractivity contribution in [3.63, 3.8) is 0 Å². The maximum atomic E-state index is 9.46. The van der Waals surface area contributed by atoms with E-state index in [1.807, 2.05) is 12.1 Å². The van der Waals surface area contributed by atoms with Gasteiger partial charge in [0.1, 0.15) is 5.75 Å². The Hall–Kier alpha value is -1.10. The molecule has 0 radical (unpaired) electrons. The zero-order valence-corrected chi connectivity index (χ0v) is 15.9. The molecular weight excluding hydrogens is 340 g/mol. The van der Waals surface area contributed by atoms with Crippen LogP contribution in [0.2, 0.25) is 0 Å². The van der Waals surface area contributed by atoms with E-state index in [9.17, 15) is 5.11 Å². The van der Waals surface area contributed by atoms with Gasteiger partial charge in [-0.1, -0.05) is 12.1 Å². The molecule has 0 unspecified atom stereocenters. The van der Waals surface area contributed by atoms with Crippen LogP contribution in [-0.4, -0.2) is 16.7 Å². The Balaban J connectivity index is 1.12. The predicted octanol–water partition coefficient (Wildman–Crippen LogP) is 4.95. The molecule has 1 heterocycles. The van der Waals surface area contributed by atoms with Gasteiger partial charge in [-0.25, -0.2) is 0 Å². The van der Waals surface area contributed by atoms with E-state index < -0.39 is 11.6 Å². The van der Waals surface area contributed by atoms with Gasteiger partial charge in [-0.3, -0.25) is 0 Å². The number of rotatable bonds is 2. The van der Waals surface area contributed by atoms with Gasteiger partial charge >= 0.3 is 0 Å². The Morgan fingerprint density at radius 1 is 0.852 bits per heavy atom. The summed E-state index contributed by atoms with van der Waals surface area (Å²) in [6.45, 7) is 0. The molecule has 4 bridgehead atoms. The third kappa shape index (κ3) is 2.67. The van der Waals surface area contributed by atoms with Crippen LogP contribution in [0.5, 0.6) is 5.75 Å². The van der Waals surface area contributed by atoms with Crippen molar-refractivity contribution in [1.29, 1.82) is 0 Å². The van der Waals surface area contributed by atoms with Crippen molar-refractivity contribution in [2.75, 3.05) is 0 Å². The van der Waals surface area contributed by atoms with Crippen LogP contribution in [0.15, 0.2) is 24.3 Å². The smallest absolute Gasteiger partial charge is 0.210 e. The molecule has 2 spiro atoms. The molecule has 1 aromatic rings. The molecule has 6 aliphatic rings. The summed E-state index contributed by atoms with van der Waals surface area (Å²) in [7, 11) is 0. The van der Waals surface area contributed by atoms with E-state index in [0.717, 1.165) is 43.9 Å². The summed E-state index contributed by atoms with van der Waals surface area (Å²) in [6.07, 6.45) is 11.7. The van der Waals surface area contributed by atoms with Gasteiger partial charge in [-0.05, 0) is 86.8 Å². The first-order valence-electron chi connectivity index (χ1n) is 11.0. The molecular formula is C23H30O4. The number of phenols is 1. The number of hydrogen-bond acceptors (Lipinski definition) is 4. The predicted molar refractivity (Wildman–Crippen MR) is 99.5 cm³/mol. The molecule has 5 saturated carbocycles. The second-order valence-corrected chi connectivity index (χ2v) is 10.0. The molecule has 1 N–H and O–H groups in total. The van der Waals surface area contributed by atoms with Crippen LogP contribution in [0.1, 0.15) is 63.4 Å². The zero-order valence-electron chi connectivity index (χ0n) is 15.9. The molecule has 0 aromatic heterocycles. The van der Waals surface area contributed by atoms with E-state index in [1.165, 1.54) is 37.7 Å². The molecule has 7 rings (SSSR count). The summed E-state index contributed by atoms with van der Waals surface area (Å²) in [5, 5.41) is 9.46. The summed E-state index contributed by atoms with van der Waals surface area (Å²) in [4.78, 5) is 12.1. The molecule has 4 heteroatoms. The normalized spacial score (nSPS) is 47.9. The van der Waals surface area contributed by atoms with E-state index >= 15 is 0 Å². The Bertz CT molecular complexity index is 676. The van der Waals surface area contributed by atoms with Gasteiger partial charge in [-0.2, -0.15) is 9.78 Å². The zero-order chi connectivity index (χ0) is 18.1. The van der Waals surface area contributed by atoms with Gasteiger partial charge in [-0.15, -0.1) is 0 Å². The fourth-order valence-electron chi connectivity index (χ4n) is 7.08. The molecule has 1 saturated heterocycles. The van der Waals surface area contributed by atoms with Crippen LogP contribution in [0.4, 0.5) is 0 Å². The first kappa shape index (κ1) is 16.8. The Morgan fingerprint density at radius 2 is 1.48 bits per heavy atom. The minimum absolute atomic E-state index is 0.340. The lowest BCUT2D eigenvalue weighted by molar-refractivity contribution is -0.390. The van der Waals surface area contributed by atoms with Gasteiger partial charge in [0.05, 0.1) is 0 Å². The number of hydrogen-bond donors (Lipinski definition) is 1. The van der Waals surface area contributed by atoms with Crippen molar-refractivity contribution >= 4 is 0 Å². The third-order valence-electron chi connectivity index (χ3n) is 8.27. The van der Waals surface area contributed by atoms with Crippen molar-refractivity contribution in [2.45, 2.75) is 75.8 Å². The van der Waals surface area contributed by atoms with Crippen molar-refractivity contribution in [3.8, 4) is 5.75 Å². The molecule has 1 aliphatic heterocycles. The van der Waals surface area contributed by atoms with E-state index in [2.05, 4.69) is 0 Å². The fourth-order valence-corrected chi connectivity index (χ4v) is 7.08. The Labute approximate surface area is 161 Å². The van der Waals surface area contributed by atoms with Gasteiger partial charge in [0.25, 0.3) is 0 Å². The molecule has 0 amide bonds. The lowest BCUT2D eigenvalue weighted by atomic mass is 9.53. The largest absolute Gasteiger partial charge is 0.508 e. The average molecular weight is 370 g/mol. The van der Waals surface area contributed by atoms with Gasteiger partial charge in [0.2, 0.25) is 11.6 Å². The van der Waals surface area contributed by atoms with Crippen LogP contribution >= 0.6 is 0 Å². The lowest BCUT2D eigenvalue weighted by Gasteiger charge is -2.57. The minimum Gasteiger partial charge on any atom is -0.508 e. The highest BCUT2D eigenvalue weighted by Gasteiger charge is 2.66. The highest BCUT2D eigenvalue weighted by Crippen LogP contribution is 2.63. The fraction of sp³-hybridized carbons (Fsp3) is 0.739. The van der Waals surface area contributed by atoms with Gasteiger partial charge < -0.3 is 9.84 Å². The Morgan fingerprint density at radius 3 is 2.11 bits per heavy atom. The number of ether oxygens (including phenoxy) is 1. The molecule has 0 atom stereocenters. The Kier molecular flexibility index (Phi) is 3.71. The highest BCUT2D eigenvalue weighted by molar-refractivity contribution is 5.26. The van der Waals surface area contributed by atoms with Crippen LogP contribution in [0.25, 0.3) is 0 Å². The van der Waals surface area contributed by atoms with Gasteiger partial charge in [0, 0.05) is 24.7 Å². The first-order chi connectivity index (χ1) is 13.1. The average Bonchev–Trinajstić information content (AvgIpc) is 3.04. The summed E-state index contributed by atoms with van der Waals surface area (Å²) in [5.41, 5.74) is 1.30. The van der Waals surface area contributed by atoms with E-state index in [-0.39, 0.29) is 0 Å². The third-order valence-corrected chi connectivity index (χ3v) is 8.27. The van der Waals surface area contributed by atoms with Crippen molar-refractivity contribution in [2.24, 2.45) is 29.6 Å². The maximum Gasteiger partial charge on any atom is 0.210 e. The molecule has 4 nitrogen and oxygen atoms in total. The monoisotopic (exact) mass is 370 g/mol. The quantitative estimate of drug-likeness (QED) is 0.748. The highest BCUT2D eigenvalue weighted by atomic mass is 17.3. The summed E-state index contributed by atoms with van der Waals surface area (Å²) >= 11 is 0. The topological polar surface area (TPSA) is 47.9 Å². The van der Waals surface area contributed by atoms with Crippen LogP contribution in [0.3, 0.4) is 0 Å². The van der Waals surface area contributed by atoms with E-state index in [0.29, 0.717) is 23.5 Å². The van der Waals surface area contributed by atoms with Crippen molar-refractivity contribution in [3.05, 3.63) is 29.8 Å². The second kappa shape index (κ2) is 5.95. The standard InChI is InChI=1S/C23H30O4/c24-21-3-1-15(2-4-21)9-16-5-7-22(8-6-16)25-23(27-26-22)19-11-17-10-18(13-19)14-20(23)12-17/h1-4,16-20,24H,5-14H2. The molecule has 27 heavy (non-hydrogen) atoms. The first-order valence-corrected chi connectivity index (χ1v) is 11.0. The summed E-state index contributed by atoms with van der Waals surface area (Å²) < 4.78 is 6.79. The maximum absolute atomic E-state index is 9.46. The SMILES string of the molecule is Oc1ccc(CC2CCC3(CC2)OOC2(O3)C3CC4CC(C3)CC2C4)cc1. The molecule has 1 aromatic carbocycles. The van der Waals surface area contributed by atoms with E-state index in [1.54, 1.807) is 12.1 Å². The second-order valence-electron chi connectivity index (χ2n) is 10.0. The van der Waals surface area contributed by atoms with Crippen molar-refractivity contribution < 1.29 is 19.6 Å². The molecule has 146 valence electrons. The number of aromatic hydroxyl groups is 1. The van der Waals surface area contributed by atoms with Crippen LogP contribution in [-0.2, 0) is 20.9 Å². The molecule has 6 fully saturated rings. The summed E-state index contributed by atoms with van der Waals surface area (Å²) in [5.74, 6) is 2.96. The number of phenolic OH excluding ortho intramolecular Hbond substituents is 1.